The fraction of sp³-hybridized carbons (Fsp3) is 0.462. The van der Waals surface area contributed by atoms with Crippen LogP contribution in [0.5, 0.6) is 0 Å². The molecular formula is C13H15Cl2F3N2O6S. The summed E-state index contributed by atoms with van der Waals surface area (Å²) in [6, 6.07) is 1.72. The molecule has 27 heavy (non-hydrogen) atoms. The molecule has 8 nitrogen and oxygen atoms in total. The van der Waals surface area contributed by atoms with Gasteiger partial charge >= 0.3 is 6.18 Å². The topological polar surface area (TPSA) is 136 Å². The van der Waals surface area contributed by atoms with Gasteiger partial charge in [0.05, 0.1) is 28.4 Å². The highest BCUT2D eigenvalue weighted by Gasteiger charge is 2.55. The molecule has 0 aromatic heterocycles. The molecule has 0 aliphatic carbocycles. The van der Waals surface area contributed by atoms with Crippen LogP contribution >= 0.6 is 23.2 Å². The number of aliphatic hydroxyl groups excluding tert-OH is 2. The Kier molecular flexibility index (Phi) is 7.49. The van der Waals surface area contributed by atoms with Crippen molar-refractivity contribution in [3.8, 4) is 0 Å². The van der Waals surface area contributed by atoms with Crippen molar-refractivity contribution in [3.63, 3.8) is 0 Å². The maximum Gasteiger partial charge on any atom is 0.426 e. The molecule has 154 valence electrons. The van der Waals surface area contributed by atoms with Crippen molar-refractivity contribution in [1.29, 1.82) is 0 Å². The van der Waals surface area contributed by atoms with Crippen LogP contribution in [-0.2, 0) is 14.8 Å². The Labute approximate surface area is 161 Å². The van der Waals surface area contributed by atoms with Crippen LogP contribution in [0.2, 0.25) is 10.0 Å². The molecule has 0 saturated carbocycles. The zero-order valence-corrected chi connectivity index (χ0v) is 15.8. The lowest BCUT2D eigenvalue weighted by molar-refractivity contribution is -0.242. The van der Waals surface area contributed by atoms with Crippen LogP contribution in [0.1, 0.15) is 6.92 Å². The highest BCUT2D eigenvalue weighted by Crippen LogP contribution is 2.37. The van der Waals surface area contributed by atoms with E-state index in [4.69, 9.17) is 28.3 Å². The number of alkyl halides is 3. The zero-order valence-electron chi connectivity index (χ0n) is 13.5. The molecule has 5 N–H and O–H groups in total. The SMILES string of the molecule is CC(O)(C(=O)Nc1ccc(S(=O)(=O)NCC(O)CO)c(Cl)c1Cl)C(F)(F)F. The van der Waals surface area contributed by atoms with Gasteiger partial charge in [0, 0.05) is 6.54 Å². The average Bonchev–Trinajstić information content (AvgIpc) is 2.55. The first-order valence-electron chi connectivity index (χ1n) is 7.02. The third-order valence-corrected chi connectivity index (χ3v) is 5.76. The maximum absolute atomic E-state index is 12.7. The monoisotopic (exact) mass is 454 g/mol. The Hall–Kier alpha value is -1.15. The number of rotatable bonds is 7. The van der Waals surface area contributed by atoms with Crippen LogP contribution in [-0.4, -0.2) is 60.7 Å². The van der Waals surface area contributed by atoms with Gasteiger partial charge in [-0.25, -0.2) is 13.1 Å². The molecule has 2 unspecified atom stereocenters. The van der Waals surface area contributed by atoms with E-state index in [9.17, 15) is 36.6 Å². The number of amides is 1. The van der Waals surface area contributed by atoms with Gasteiger partial charge in [-0.1, -0.05) is 23.2 Å². The summed E-state index contributed by atoms with van der Waals surface area (Å²) < 4.78 is 64.2. The molecule has 1 aromatic carbocycles. The second-order valence-corrected chi connectivity index (χ2v) is 7.94. The molecule has 0 heterocycles. The van der Waals surface area contributed by atoms with Gasteiger partial charge in [0.25, 0.3) is 5.91 Å². The third-order valence-electron chi connectivity index (χ3n) is 3.30. The molecule has 0 saturated heterocycles. The first kappa shape index (κ1) is 23.9. The van der Waals surface area contributed by atoms with Crippen molar-refractivity contribution in [1.82, 2.24) is 4.72 Å². The molecule has 14 heteroatoms. The van der Waals surface area contributed by atoms with E-state index in [1.54, 1.807) is 5.32 Å². The highest BCUT2D eigenvalue weighted by atomic mass is 35.5. The van der Waals surface area contributed by atoms with Crippen molar-refractivity contribution in [2.75, 3.05) is 18.5 Å². The van der Waals surface area contributed by atoms with Gasteiger partial charge in [0.1, 0.15) is 4.90 Å². The number of hydrogen-bond acceptors (Lipinski definition) is 6. The number of aliphatic hydroxyl groups is 3. The Balaban J connectivity index is 3.14. The van der Waals surface area contributed by atoms with E-state index < -0.39 is 67.6 Å². The zero-order chi connectivity index (χ0) is 21.2. The molecule has 1 aromatic rings. The maximum atomic E-state index is 12.7. The van der Waals surface area contributed by atoms with Crippen LogP contribution in [0.25, 0.3) is 0 Å². The summed E-state index contributed by atoms with van der Waals surface area (Å²) in [7, 11) is -4.30. The van der Waals surface area contributed by atoms with Gasteiger partial charge in [-0.05, 0) is 19.1 Å². The summed E-state index contributed by atoms with van der Waals surface area (Å²) >= 11 is 11.6. The fourth-order valence-corrected chi connectivity index (χ4v) is 3.45. The quantitative estimate of drug-likeness (QED) is 0.414. The molecule has 0 fully saturated rings. The number of nitrogens with one attached hydrogen (secondary N) is 2. The summed E-state index contributed by atoms with van der Waals surface area (Å²) in [5.74, 6) is -1.85. The van der Waals surface area contributed by atoms with Gasteiger partial charge in [-0.2, -0.15) is 13.2 Å². The molecule has 1 rings (SSSR count). The molecule has 1 amide bonds. The minimum Gasteiger partial charge on any atom is -0.394 e. The highest BCUT2D eigenvalue weighted by molar-refractivity contribution is 7.89. The fourth-order valence-electron chi connectivity index (χ4n) is 1.56. The molecule has 0 spiro atoms. The third kappa shape index (κ3) is 5.44. The lowest BCUT2D eigenvalue weighted by Gasteiger charge is -2.25. The van der Waals surface area contributed by atoms with Crippen LogP contribution in [0, 0.1) is 0 Å². The predicted molar refractivity (Wildman–Crippen MR) is 90.1 cm³/mol. The van der Waals surface area contributed by atoms with E-state index in [-0.39, 0.29) is 6.92 Å². The number of anilines is 1. The second kappa shape index (κ2) is 8.47. The summed E-state index contributed by atoms with van der Waals surface area (Å²) in [4.78, 5) is 11.1. The van der Waals surface area contributed by atoms with E-state index in [0.29, 0.717) is 0 Å². The normalized spacial score (nSPS) is 15.9. The standard InChI is InChI=1S/C13H15Cl2F3N2O6S/c1-12(24,13(16,17)18)11(23)20-7-2-3-8(10(15)9(7)14)27(25,26)19-4-6(22)5-21/h2-3,6,19,21-22,24H,4-5H2,1H3,(H,20,23). The Bertz CT molecular complexity index is 817. The number of hydrogen-bond donors (Lipinski definition) is 5. The Morgan fingerprint density at radius 3 is 2.30 bits per heavy atom. The van der Waals surface area contributed by atoms with Crippen molar-refractivity contribution >= 4 is 44.8 Å². The minimum atomic E-state index is -5.27. The lowest BCUT2D eigenvalue weighted by atomic mass is 10.1. The second-order valence-electron chi connectivity index (χ2n) is 5.45. The molecule has 2 atom stereocenters. The van der Waals surface area contributed by atoms with E-state index >= 15 is 0 Å². The van der Waals surface area contributed by atoms with Crippen LogP contribution in [0.15, 0.2) is 17.0 Å². The van der Waals surface area contributed by atoms with Gasteiger partial charge in [0.15, 0.2) is 0 Å². The van der Waals surface area contributed by atoms with Gasteiger partial charge in [0.2, 0.25) is 15.6 Å². The number of carbonyl (C=O) groups is 1. The smallest absolute Gasteiger partial charge is 0.394 e. The number of halogens is 5. The average molecular weight is 455 g/mol. The van der Waals surface area contributed by atoms with Gasteiger partial charge in [-0.3, -0.25) is 4.79 Å². The Morgan fingerprint density at radius 2 is 1.81 bits per heavy atom. The Morgan fingerprint density at radius 1 is 1.26 bits per heavy atom. The first-order chi connectivity index (χ1) is 12.1. The first-order valence-corrected chi connectivity index (χ1v) is 9.26. The summed E-state index contributed by atoms with van der Waals surface area (Å²) in [5, 5.41) is 27.7. The number of carbonyl (C=O) groups excluding carboxylic acids is 1. The van der Waals surface area contributed by atoms with Crippen molar-refractivity contribution < 1.29 is 41.7 Å². The number of benzene rings is 1. The molecule has 0 bridgehead atoms. The van der Waals surface area contributed by atoms with Crippen LogP contribution in [0.3, 0.4) is 0 Å². The van der Waals surface area contributed by atoms with Crippen molar-refractivity contribution in [3.05, 3.63) is 22.2 Å². The summed E-state index contributed by atoms with van der Waals surface area (Å²) in [6.07, 6.45) is -6.65. The minimum absolute atomic E-state index is 0.229. The molecule has 0 aliphatic rings. The molecular weight excluding hydrogens is 440 g/mol. The van der Waals surface area contributed by atoms with E-state index in [2.05, 4.69) is 0 Å². The number of sulfonamides is 1. The summed E-state index contributed by atoms with van der Waals surface area (Å²) in [6.45, 7) is -1.02. The molecule has 0 aliphatic heterocycles. The van der Waals surface area contributed by atoms with E-state index in [1.165, 1.54) is 0 Å². The van der Waals surface area contributed by atoms with Crippen LogP contribution < -0.4 is 10.0 Å². The van der Waals surface area contributed by atoms with Crippen LogP contribution in [0.4, 0.5) is 18.9 Å². The van der Waals surface area contributed by atoms with E-state index in [1.807, 2.05) is 4.72 Å². The predicted octanol–water partition coefficient (Wildman–Crippen LogP) is 0.877. The lowest BCUT2D eigenvalue weighted by Crippen LogP contribution is -2.52. The summed E-state index contributed by atoms with van der Waals surface area (Å²) in [5.41, 5.74) is -4.19. The largest absolute Gasteiger partial charge is 0.426 e. The van der Waals surface area contributed by atoms with Gasteiger partial charge < -0.3 is 20.6 Å². The van der Waals surface area contributed by atoms with Gasteiger partial charge in [-0.15, -0.1) is 0 Å². The van der Waals surface area contributed by atoms with E-state index in [0.717, 1.165) is 12.1 Å². The van der Waals surface area contributed by atoms with Crippen molar-refractivity contribution in [2.24, 2.45) is 0 Å². The van der Waals surface area contributed by atoms with Crippen molar-refractivity contribution in [2.45, 2.75) is 29.7 Å². The molecule has 0 radical (unpaired) electrons.